The molecular weight excluding hydrogens is 248 g/mol. The molecule has 0 aliphatic heterocycles. The van der Waals surface area contributed by atoms with Crippen LogP contribution < -0.4 is 0 Å². The summed E-state index contributed by atoms with van der Waals surface area (Å²) in [5.74, 6) is 0.635. The van der Waals surface area contributed by atoms with Crippen molar-refractivity contribution in [3.63, 3.8) is 0 Å². The number of sulfone groups is 1. The maximum Gasteiger partial charge on any atom is 0.156 e. The molecule has 0 aromatic carbocycles. The van der Waals surface area contributed by atoms with Gasteiger partial charge in [0.2, 0.25) is 0 Å². The summed E-state index contributed by atoms with van der Waals surface area (Å²) in [6.45, 7) is 11.4. The minimum Gasteiger partial charge on any atom is -0.301 e. The molecule has 0 saturated carbocycles. The van der Waals surface area contributed by atoms with Gasteiger partial charge in [0.25, 0.3) is 0 Å². The van der Waals surface area contributed by atoms with Crippen LogP contribution in [-0.4, -0.2) is 43.5 Å². The first-order valence-corrected chi connectivity index (χ1v) is 8.07. The Morgan fingerprint density at radius 1 is 1.22 bits per heavy atom. The second-order valence-corrected chi connectivity index (χ2v) is 8.90. The molecule has 5 heteroatoms. The predicted octanol–water partition coefficient (Wildman–Crippen LogP) is 2.07. The molecule has 0 saturated heterocycles. The van der Waals surface area contributed by atoms with Crippen molar-refractivity contribution in [3.8, 4) is 6.07 Å². The summed E-state index contributed by atoms with van der Waals surface area (Å²) in [6, 6.07) is 2.11. The Morgan fingerprint density at radius 2 is 1.78 bits per heavy atom. The van der Waals surface area contributed by atoms with Crippen LogP contribution in [0.25, 0.3) is 0 Å². The van der Waals surface area contributed by atoms with Gasteiger partial charge in [0.15, 0.2) is 9.84 Å². The number of hydrogen-bond donors (Lipinski definition) is 0. The van der Waals surface area contributed by atoms with Gasteiger partial charge in [-0.25, -0.2) is 8.42 Å². The molecule has 0 spiro atoms. The monoisotopic (exact) mass is 274 g/mol. The lowest BCUT2D eigenvalue weighted by Crippen LogP contribution is -2.38. The lowest BCUT2D eigenvalue weighted by atomic mass is 10.2. The Morgan fingerprint density at radius 3 is 2.17 bits per heavy atom. The van der Waals surface area contributed by atoms with Gasteiger partial charge in [-0.3, -0.25) is 0 Å². The smallest absolute Gasteiger partial charge is 0.156 e. The molecule has 4 nitrogen and oxygen atoms in total. The van der Waals surface area contributed by atoms with Crippen LogP contribution in [0.5, 0.6) is 0 Å². The lowest BCUT2D eigenvalue weighted by Gasteiger charge is -2.25. The summed E-state index contributed by atoms with van der Waals surface area (Å²) in [5.41, 5.74) is 0. The molecule has 0 aromatic rings. The van der Waals surface area contributed by atoms with Crippen molar-refractivity contribution < 1.29 is 8.42 Å². The van der Waals surface area contributed by atoms with Crippen molar-refractivity contribution >= 4 is 9.84 Å². The minimum absolute atomic E-state index is 0.161. The molecule has 0 bridgehead atoms. The van der Waals surface area contributed by atoms with Crippen molar-refractivity contribution in [2.45, 2.75) is 45.8 Å². The number of nitrogens with zero attached hydrogens (tertiary/aromatic N) is 2. The maximum absolute atomic E-state index is 12.0. The molecule has 0 unspecified atom stereocenters. The van der Waals surface area contributed by atoms with E-state index in [0.29, 0.717) is 25.4 Å². The Labute approximate surface area is 112 Å². The van der Waals surface area contributed by atoms with Gasteiger partial charge in [0.1, 0.15) is 0 Å². The van der Waals surface area contributed by atoms with E-state index < -0.39 is 14.6 Å². The van der Waals surface area contributed by atoms with Crippen LogP contribution in [0.4, 0.5) is 0 Å². The average Bonchev–Trinajstić information content (AvgIpc) is 2.20. The Bertz CT molecular complexity index is 375. The van der Waals surface area contributed by atoms with E-state index in [1.165, 1.54) is 0 Å². The zero-order valence-electron chi connectivity index (χ0n) is 12.2. The van der Waals surface area contributed by atoms with Gasteiger partial charge in [-0.1, -0.05) is 13.8 Å². The molecule has 0 atom stereocenters. The fourth-order valence-corrected chi connectivity index (χ4v) is 2.69. The summed E-state index contributed by atoms with van der Waals surface area (Å²) in [5, 5.41) is 8.61. The van der Waals surface area contributed by atoms with Gasteiger partial charge in [0, 0.05) is 26.1 Å². The lowest BCUT2D eigenvalue weighted by molar-refractivity contribution is 0.262. The van der Waals surface area contributed by atoms with Gasteiger partial charge in [-0.05, 0) is 26.7 Å². The Hall–Kier alpha value is -0.600. The highest BCUT2D eigenvalue weighted by Crippen LogP contribution is 2.16. The molecule has 0 radical (unpaired) electrons. The summed E-state index contributed by atoms with van der Waals surface area (Å²) >= 11 is 0. The van der Waals surface area contributed by atoms with Crippen LogP contribution in [-0.2, 0) is 9.84 Å². The van der Waals surface area contributed by atoms with Crippen molar-refractivity contribution in [1.29, 1.82) is 5.26 Å². The minimum atomic E-state index is -3.08. The van der Waals surface area contributed by atoms with Gasteiger partial charge in [0.05, 0.1) is 16.6 Å². The van der Waals surface area contributed by atoms with Crippen molar-refractivity contribution in [2.24, 2.45) is 5.92 Å². The van der Waals surface area contributed by atoms with E-state index >= 15 is 0 Å². The third kappa shape index (κ3) is 6.36. The van der Waals surface area contributed by atoms with E-state index in [4.69, 9.17) is 5.26 Å². The van der Waals surface area contributed by atoms with E-state index in [1.807, 2.05) is 0 Å². The Kier molecular flexibility index (Phi) is 6.87. The van der Waals surface area contributed by atoms with E-state index in [1.54, 1.807) is 20.8 Å². The summed E-state index contributed by atoms with van der Waals surface area (Å²) in [7, 11) is -3.08. The normalized spacial score (nSPS) is 13.0. The van der Waals surface area contributed by atoms with Crippen LogP contribution in [0.3, 0.4) is 0 Å². The first-order chi connectivity index (χ1) is 8.10. The molecule has 0 fully saturated rings. The summed E-state index contributed by atoms with van der Waals surface area (Å²) in [6.07, 6.45) is 0.447. The van der Waals surface area contributed by atoms with Gasteiger partial charge < -0.3 is 4.90 Å². The summed E-state index contributed by atoms with van der Waals surface area (Å²) in [4.78, 5) is 2.07. The fourth-order valence-electron chi connectivity index (χ4n) is 1.57. The molecule has 106 valence electrons. The van der Waals surface area contributed by atoms with E-state index in [0.717, 1.165) is 6.54 Å². The highest BCUT2D eigenvalue weighted by molar-refractivity contribution is 7.92. The van der Waals surface area contributed by atoms with Crippen LogP contribution in [0, 0.1) is 17.2 Å². The van der Waals surface area contributed by atoms with Crippen LogP contribution in [0.1, 0.15) is 41.0 Å². The highest BCUT2D eigenvalue weighted by atomic mass is 32.2. The molecular formula is C13H26N2O2S. The SMILES string of the molecule is CC(C)CN(CCC#N)CCS(=O)(=O)C(C)(C)C. The van der Waals surface area contributed by atoms with Gasteiger partial charge in [-0.2, -0.15) is 5.26 Å². The second kappa shape index (κ2) is 7.10. The van der Waals surface area contributed by atoms with Gasteiger partial charge in [-0.15, -0.1) is 0 Å². The molecule has 0 amide bonds. The number of rotatable bonds is 7. The fraction of sp³-hybridized carbons (Fsp3) is 0.923. The second-order valence-electron chi connectivity index (χ2n) is 6.03. The van der Waals surface area contributed by atoms with Crippen molar-refractivity contribution in [2.75, 3.05) is 25.4 Å². The molecule has 0 aliphatic carbocycles. The summed E-state index contributed by atoms with van der Waals surface area (Å²) < 4.78 is 23.3. The quantitative estimate of drug-likeness (QED) is 0.713. The third-order valence-electron chi connectivity index (χ3n) is 2.77. The topological polar surface area (TPSA) is 61.2 Å². The number of hydrogen-bond acceptors (Lipinski definition) is 4. The molecule has 0 aromatic heterocycles. The van der Waals surface area contributed by atoms with E-state index in [-0.39, 0.29) is 5.75 Å². The number of nitriles is 1. The molecule has 18 heavy (non-hydrogen) atoms. The van der Waals surface area contributed by atoms with Gasteiger partial charge >= 0.3 is 0 Å². The highest BCUT2D eigenvalue weighted by Gasteiger charge is 2.29. The maximum atomic E-state index is 12.0. The predicted molar refractivity (Wildman–Crippen MR) is 75.0 cm³/mol. The van der Waals surface area contributed by atoms with E-state index in [9.17, 15) is 8.42 Å². The first-order valence-electron chi connectivity index (χ1n) is 6.41. The average molecular weight is 274 g/mol. The molecule has 0 heterocycles. The zero-order chi connectivity index (χ0) is 14.4. The van der Waals surface area contributed by atoms with E-state index in [2.05, 4.69) is 24.8 Å². The largest absolute Gasteiger partial charge is 0.301 e. The van der Waals surface area contributed by atoms with Crippen LogP contribution >= 0.6 is 0 Å². The molecule has 0 N–H and O–H groups in total. The van der Waals surface area contributed by atoms with Crippen LogP contribution in [0.2, 0.25) is 0 Å². The van der Waals surface area contributed by atoms with Crippen molar-refractivity contribution in [1.82, 2.24) is 4.90 Å². The standard InChI is InChI=1S/C13H26N2O2S/c1-12(2)11-15(8-6-7-14)9-10-18(16,17)13(3,4)5/h12H,6,8-11H2,1-5H3. The zero-order valence-corrected chi connectivity index (χ0v) is 13.0. The first kappa shape index (κ1) is 17.4. The molecule has 0 aliphatic rings. The van der Waals surface area contributed by atoms with Crippen LogP contribution in [0.15, 0.2) is 0 Å². The third-order valence-corrected chi connectivity index (χ3v) is 5.36. The Balaban J connectivity index is 4.48. The van der Waals surface area contributed by atoms with Crippen molar-refractivity contribution in [3.05, 3.63) is 0 Å². The molecule has 0 rings (SSSR count).